The minimum atomic E-state index is -0.479. The first-order valence-electron chi connectivity index (χ1n) is 6.59. The second-order valence-electron chi connectivity index (χ2n) is 4.74. The normalized spacial score (nSPS) is 10.5. The van der Waals surface area contributed by atoms with Gasteiger partial charge in [0.15, 0.2) is 0 Å². The van der Waals surface area contributed by atoms with Gasteiger partial charge in [0.2, 0.25) is 5.89 Å². The highest BCUT2D eigenvalue weighted by molar-refractivity contribution is 6.30. The second-order valence-corrected chi connectivity index (χ2v) is 5.18. The van der Waals surface area contributed by atoms with Gasteiger partial charge in [-0.3, -0.25) is 4.79 Å². The Hall–Kier alpha value is -2.66. The van der Waals surface area contributed by atoms with Gasteiger partial charge in [0.1, 0.15) is 0 Å². The highest BCUT2D eigenvalue weighted by Crippen LogP contribution is 2.19. The molecule has 3 rings (SSSR count). The minimum absolute atomic E-state index is 0.101. The van der Waals surface area contributed by atoms with E-state index in [9.17, 15) is 4.79 Å². The van der Waals surface area contributed by atoms with E-state index in [1.807, 2.05) is 31.2 Å². The quantitative estimate of drug-likeness (QED) is 0.795. The van der Waals surface area contributed by atoms with Crippen LogP contribution in [-0.4, -0.2) is 16.1 Å². The zero-order valence-corrected chi connectivity index (χ0v) is 12.5. The molecule has 22 heavy (non-hydrogen) atoms. The third-order valence-corrected chi connectivity index (χ3v) is 3.24. The molecule has 0 saturated heterocycles. The van der Waals surface area contributed by atoms with E-state index in [1.54, 1.807) is 24.3 Å². The van der Waals surface area contributed by atoms with Crippen molar-refractivity contribution in [3.05, 3.63) is 65.0 Å². The Balaban J connectivity index is 1.78. The molecule has 110 valence electrons. The minimum Gasteiger partial charge on any atom is -0.412 e. The number of nitrogens with zero attached hydrogens (tertiary/aromatic N) is 2. The fraction of sp³-hybridized carbons (Fsp3) is 0.0625. The molecule has 0 aliphatic heterocycles. The number of halogens is 1. The molecule has 1 heterocycles. The van der Waals surface area contributed by atoms with Crippen LogP contribution in [0.25, 0.3) is 11.5 Å². The van der Waals surface area contributed by atoms with Crippen molar-refractivity contribution in [2.75, 3.05) is 5.32 Å². The number of nitrogens with one attached hydrogen (secondary N) is 1. The third kappa shape index (κ3) is 3.15. The SMILES string of the molecule is Cc1ccc(-c2nnc(C(=O)Nc3cccc(Cl)c3)o2)cc1. The van der Waals surface area contributed by atoms with Crippen LogP contribution in [0.2, 0.25) is 5.02 Å². The molecule has 0 radical (unpaired) electrons. The van der Waals surface area contributed by atoms with Crippen molar-refractivity contribution in [2.24, 2.45) is 0 Å². The zero-order valence-electron chi connectivity index (χ0n) is 11.7. The van der Waals surface area contributed by atoms with E-state index in [4.69, 9.17) is 16.0 Å². The van der Waals surface area contributed by atoms with Crippen molar-refractivity contribution >= 4 is 23.2 Å². The van der Waals surface area contributed by atoms with Crippen LogP contribution < -0.4 is 5.32 Å². The Morgan fingerprint density at radius 2 is 1.91 bits per heavy atom. The van der Waals surface area contributed by atoms with E-state index in [-0.39, 0.29) is 5.89 Å². The number of carbonyl (C=O) groups excluding carboxylic acids is 1. The summed E-state index contributed by atoms with van der Waals surface area (Å²) in [6.45, 7) is 1.99. The Kier molecular flexibility index (Phi) is 3.89. The molecular formula is C16H12ClN3O2. The highest BCUT2D eigenvalue weighted by Gasteiger charge is 2.16. The lowest BCUT2D eigenvalue weighted by molar-refractivity contribution is 0.0991. The lowest BCUT2D eigenvalue weighted by Crippen LogP contribution is -2.12. The number of amides is 1. The van der Waals surface area contributed by atoms with Gasteiger partial charge in [-0.25, -0.2) is 0 Å². The molecule has 0 fully saturated rings. The molecule has 2 aromatic carbocycles. The predicted molar refractivity (Wildman–Crippen MR) is 83.9 cm³/mol. The molecule has 3 aromatic rings. The van der Waals surface area contributed by atoms with Crippen LogP contribution in [-0.2, 0) is 0 Å². The van der Waals surface area contributed by atoms with Crippen LogP contribution in [0.3, 0.4) is 0 Å². The molecule has 1 N–H and O–H groups in total. The van der Waals surface area contributed by atoms with Gasteiger partial charge in [-0.15, -0.1) is 10.2 Å². The largest absolute Gasteiger partial charge is 0.412 e. The molecule has 0 bridgehead atoms. The summed E-state index contributed by atoms with van der Waals surface area (Å²) in [5.41, 5.74) is 2.45. The van der Waals surface area contributed by atoms with Crippen LogP contribution in [0, 0.1) is 6.92 Å². The number of hydrogen-bond donors (Lipinski definition) is 1. The molecule has 6 heteroatoms. The van der Waals surface area contributed by atoms with Crippen molar-refractivity contribution in [3.8, 4) is 11.5 Å². The lowest BCUT2D eigenvalue weighted by atomic mass is 10.1. The smallest absolute Gasteiger partial charge is 0.313 e. The highest BCUT2D eigenvalue weighted by atomic mass is 35.5. The van der Waals surface area contributed by atoms with Crippen LogP contribution in [0.1, 0.15) is 16.2 Å². The topological polar surface area (TPSA) is 68.0 Å². The van der Waals surface area contributed by atoms with Crippen molar-refractivity contribution in [3.63, 3.8) is 0 Å². The van der Waals surface area contributed by atoms with Gasteiger partial charge in [-0.05, 0) is 37.3 Å². The maximum Gasteiger partial charge on any atom is 0.313 e. The molecule has 0 unspecified atom stereocenters. The first-order valence-corrected chi connectivity index (χ1v) is 6.97. The Labute approximate surface area is 131 Å². The summed E-state index contributed by atoms with van der Waals surface area (Å²) in [5, 5.41) is 10.8. The molecule has 0 atom stereocenters. The predicted octanol–water partition coefficient (Wildman–Crippen LogP) is 3.95. The molecule has 1 aromatic heterocycles. The van der Waals surface area contributed by atoms with Gasteiger partial charge >= 0.3 is 11.8 Å². The van der Waals surface area contributed by atoms with E-state index in [0.29, 0.717) is 16.6 Å². The molecule has 0 spiro atoms. The molecule has 1 amide bonds. The fourth-order valence-electron chi connectivity index (χ4n) is 1.88. The summed E-state index contributed by atoms with van der Waals surface area (Å²) >= 11 is 5.87. The van der Waals surface area contributed by atoms with E-state index in [2.05, 4.69) is 15.5 Å². The molecule has 0 aliphatic rings. The molecule has 0 saturated carbocycles. The van der Waals surface area contributed by atoms with Crippen molar-refractivity contribution in [1.82, 2.24) is 10.2 Å². The second kappa shape index (κ2) is 5.99. The van der Waals surface area contributed by atoms with Crippen LogP contribution in [0.15, 0.2) is 52.9 Å². The van der Waals surface area contributed by atoms with Gasteiger partial charge < -0.3 is 9.73 Å². The first kappa shape index (κ1) is 14.3. The van der Waals surface area contributed by atoms with E-state index < -0.39 is 5.91 Å². The number of anilines is 1. The van der Waals surface area contributed by atoms with Crippen LogP contribution in [0.4, 0.5) is 5.69 Å². The van der Waals surface area contributed by atoms with Gasteiger partial charge in [0.25, 0.3) is 0 Å². The Morgan fingerprint density at radius 3 is 2.64 bits per heavy atom. The Bertz CT molecular complexity index is 812. The number of carbonyl (C=O) groups is 1. The molecule has 0 aliphatic carbocycles. The van der Waals surface area contributed by atoms with E-state index >= 15 is 0 Å². The van der Waals surface area contributed by atoms with Gasteiger partial charge in [-0.1, -0.05) is 35.4 Å². The first-order chi connectivity index (χ1) is 10.6. The zero-order chi connectivity index (χ0) is 15.5. The van der Waals surface area contributed by atoms with Crippen molar-refractivity contribution in [1.29, 1.82) is 0 Å². The number of rotatable bonds is 3. The van der Waals surface area contributed by atoms with Gasteiger partial charge in [-0.2, -0.15) is 0 Å². The Morgan fingerprint density at radius 1 is 1.14 bits per heavy atom. The van der Waals surface area contributed by atoms with Crippen molar-refractivity contribution < 1.29 is 9.21 Å². The number of hydrogen-bond acceptors (Lipinski definition) is 4. The monoisotopic (exact) mass is 313 g/mol. The van der Waals surface area contributed by atoms with E-state index in [1.165, 1.54) is 0 Å². The summed E-state index contributed by atoms with van der Waals surface area (Å²) in [5.74, 6) is -0.278. The number of benzene rings is 2. The summed E-state index contributed by atoms with van der Waals surface area (Å²) in [4.78, 5) is 12.1. The maximum atomic E-state index is 12.1. The number of aromatic nitrogens is 2. The van der Waals surface area contributed by atoms with Crippen LogP contribution in [0.5, 0.6) is 0 Å². The maximum absolute atomic E-state index is 12.1. The fourth-order valence-corrected chi connectivity index (χ4v) is 2.07. The molecule has 5 nitrogen and oxygen atoms in total. The summed E-state index contributed by atoms with van der Waals surface area (Å²) in [7, 11) is 0. The summed E-state index contributed by atoms with van der Waals surface area (Å²) in [6, 6.07) is 14.4. The average molecular weight is 314 g/mol. The van der Waals surface area contributed by atoms with Crippen molar-refractivity contribution in [2.45, 2.75) is 6.92 Å². The standard InChI is InChI=1S/C16H12ClN3O2/c1-10-5-7-11(8-6-10)15-19-20-16(22-15)14(21)18-13-4-2-3-12(17)9-13/h2-9H,1H3,(H,18,21). The summed E-state index contributed by atoms with van der Waals surface area (Å²) in [6.07, 6.45) is 0. The van der Waals surface area contributed by atoms with Crippen LogP contribution >= 0.6 is 11.6 Å². The third-order valence-electron chi connectivity index (χ3n) is 3.00. The lowest BCUT2D eigenvalue weighted by Gasteiger charge is -2.01. The van der Waals surface area contributed by atoms with Gasteiger partial charge in [0, 0.05) is 16.3 Å². The van der Waals surface area contributed by atoms with E-state index in [0.717, 1.165) is 11.1 Å². The average Bonchev–Trinajstić information content (AvgIpc) is 2.98. The number of aryl methyl sites for hydroxylation is 1. The molecular weight excluding hydrogens is 302 g/mol. The van der Waals surface area contributed by atoms with Gasteiger partial charge in [0.05, 0.1) is 0 Å². The summed E-state index contributed by atoms with van der Waals surface area (Å²) < 4.78 is 5.41.